The fraction of sp³-hybridized carbons (Fsp3) is 0. The van der Waals surface area contributed by atoms with Crippen LogP contribution in [0.1, 0.15) is 0 Å². The van der Waals surface area contributed by atoms with Gasteiger partial charge in [-0.3, -0.25) is 0 Å². The van der Waals surface area contributed by atoms with Crippen molar-refractivity contribution >= 4 is 133 Å². The van der Waals surface area contributed by atoms with Crippen LogP contribution in [-0.2, 0) is 330 Å². The molecule has 100 heteroatoms. The molecule has 0 aliphatic carbocycles. The summed E-state index contributed by atoms with van der Waals surface area (Å²) >= 11 is 0. The van der Waals surface area contributed by atoms with E-state index in [1.807, 2.05) is 0 Å². The first kappa shape index (κ1) is 216. The quantitative estimate of drug-likeness (QED) is 0.160. The molecule has 0 bridgehead atoms. The molecule has 0 saturated carbocycles. The zero-order chi connectivity index (χ0) is 76.5. The van der Waals surface area contributed by atoms with Gasteiger partial charge in [0.15, 0.2) is 0 Å². The average Bonchev–Trinajstić information content (AvgIpc) is 2.75. The van der Waals surface area contributed by atoms with Crippen molar-refractivity contribution in [2.24, 2.45) is 0 Å². The van der Waals surface area contributed by atoms with Crippen molar-refractivity contribution in [3.8, 4) is 0 Å². The van der Waals surface area contributed by atoms with Crippen LogP contribution >= 0.6 is 133 Å². The van der Waals surface area contributed by atoms with E-state index in [1.54, 1.807) is 0 Å². The van der Waals surface area contributed by atoms with Crippen LogP contribution in [0, 0.1) is 0 Å². The fourth-order valence-electron chi connectivity index (χ4n) is 0. The van der Waals surface area contributed by atoms with Crippen LogP contribution in [0.4, 0.5) is 0 Å². The summed E-state index contributed by atoms with van der Waals surface area (Å²) in [6.45, 7) is 0. The molecule has 568 valence electrons. The molecule has 0 aliphatic heterocycles. The van der Waals surface area contributed by atoms with E-state index in [1.165, 1.54) is 0 Å². The molecule has 0 aromatic heterocycles. The summed E-state index contributed by atoms with van der Waals surface area (Å²) in [7, 11) is -91.6. The minimum absolute atomic E-state index is 0. The zero-order valence-corrected chi connectivity index (χ0v) is 88.6. The molecule has 0 rings (SSSR count). The summed E-state index contributed by atoms with van der Waals surface area (Å²) < 4.78 is 145. The third-order valence-electron chi connectivity index (χ3n) is 0. The van der Waals surface area contributed by atoms with Crippen LogP contribution in [0.15, 0.2) is 0 Å². The predicted octanol–water partition coefficient (Wildman–Crippen LogP) is -57.0. The Labute approximate surface area is 789 Å². The van der Waals surface area contributed by atoms with Gasteiger partial charge in [-0.05, 0) is 0 Å². The first-order valence-electron chi connectivity index (χ1n) is 12.4. The normalized spacial score (nSPS) is 10.0. The van der Waals surface area contributed by atoms with E-state index in [2.05, 4.69) is 0 Å². The molecule has 0 radical (unpaired) electrons. The van der Waals surface area contributed by atoms with E-state index in [4.69, 9.17) is 327 Å². The summed E-state index contributed by atoms with van der Waals surface area (Å²) in [5, 5.41) is 0. The molecule has 0 amide bonds. The average molecular weight is 2830 g/mol. The molecule has 0 saturated heterocycles. The molecule has 0 spiro atoms. The minimum atomic E-state index is -5.39. The second-order valence-electron chi connectivity index (χ2n) is 7.60. The molecule has 0 N–H and O–H groups in total. The molecule has 0 aliphatic rings. The largest absolute Gasteiger partial charge is 4.00 e. The number of rotatable bonds is 0. The van der Waals surface area contributed by atoms with Crippen LogP contribution in [0.2, 0.25) is 0 Å². The Morgan fingerprint density at radius 3 is 0.0800 bits per heavy atom. The third-order valence-corrected chi connectivity index (χ3v) is 0. The van der Waals surface area contributed by atoms with Gasteiger partial charge < -0.3 is 327 Å². The first-order chi connectivity index (χ1) is 34.0. The van der Waals surface area contributed by atoms with Gasteiger partial charge in [0, 0.05) is 0 Å². The molecule has 0 unspecified atom stereocenters. The Kier molecular flexibility index (Phi) is 226. The minimum Gasteiger partial charge on any atom is -0.822 e. The Morgan fingerprint density at radius 1 is 0.0800 bits per heavy atom. The van der Waals surface area contributed by atoms with E-state index in [-0.39, 0.29) is 341 Å². The monoisotopic (exact) mass is 2860 g/mol. The molecule has 0 fully saturated rings. The molecule has 0 heterocycles. The summed E-state index contributed by atoms with van der Waals surface area (Å²) in [6, 6.07) is 0. The van der Waals surface area contributed by atoms with Crippen molar-refractivity contribution in [3.05, 3.63) is 0 Å². The SMILES string of the molecule is O=P([O-])([O-])[O-].O=P([O-])([O-])[O-].O=P([O-])([O-])[O-].O=P([O-])([O-])[O-].O=P([O-])([O-])[O-].O=P([O-])([O-])[O-].O=P([O-])([O-])[O-].O=P([O-])([O-])[O-].O=P([O-])([O-])[O-].O=P([O-])([O-])[O-].O=P([O-])([O-])[O-].O=P([O-])([O-])[O-].O=P([O-])([O-])[O-].O=P([O-])([O-])[O-].O=P([O-])([O-])[O-].O=P([O-])([O-])[O-].O=P([O-])([O-])[O-].[Mo+4].[Mo+4].[Mo+4].[Mo+4].[Mo+4].[Mo+4].[Mo+4].[Mo+4].[Mo+4].[Mo+4].[Mo+4].[Mo+4].[Na+].[Na+].[Na+]. The van der Waals surface area contributed by atoms with Crippen LogP contribution < -0.4 is 338 Å². The molecular formula is Mo12Na3O68P17. The van der Waals surface area contributed by atoms with Crippen molar-refractivity contribution in [3.63, 3.8) is 0 Å². The van der Waals surface area contributed by atoms with Gasteiger partial charge in [-0.25, -0.2) is 0 Å². The summed E-state index contributed by atoms with van der Waals surface area (Å²) in [5.41, 5.74) is 0. The van der Waals surface area contributed by atoms with Crippen molar-refractivity contribution in [2.75, 3.05) is 0 Å². The standard InChI is InChI=1S/12Mo.3Na.17H3O4P/c;;;;;;;;;;;;;;;17*1-5(2,3)4/h;;;;;;;;;;;;;;;17*(H3,1,2,3,4)/q12*+4;3*+1;;;;;;;;;;;;;;;;;/p-51. The topological polar surface area (TPSA) is 1470 Å². The molecule has 0 atom stereocenters. The van der Waals surface area contributed by atoms with Crippen molar-refractivity contribution in [1.82, 2.24) is 0 Å². The third kappa shape index (κ3) is 7820. The van der Waals surface area contributed by atoms with E-state index in [0.29, 0.717) is 0 Å². The van der Waals surface area contributed by atoms with Crippen LogP contribution in [0.3, 0.4) is 0 Å². The Morgan fingerprint density at radius 2 is 0.0800 bits per heavy atom. The van der Waals surface area contributed by atoms with E-state index in [9.17, 15) is 0 Å². The number of hydrogen-bond donors (Lipinski definition) is 0. The number of hydrogen-bond acceptors (Lipinski definition) is 68. The van der Waals surface area contributed by atoms with E-state index < -0.39 is 133 Å². The summed E-state index contributed by atoms with van der Waals surface area (Å²) in [4.78, 5) is 436. The molecule has 0 aromatic rings. The van der Waals surface area contributed by atoms with Crippen molar-refractivity contribution < 1.29 is 669 Å². The molecule has 0 aromatic carbocycles. The van der Waals surface area contributed by atoms with Gasteiger partial charge in [0.25, 0.3) is 0 Å². The van der Waals surface area contributed by atoms with Crippen molar-refractivity contribution in [2.45, 2.75) is 0 Å². The fourth-order valence-corrected chi connectivity index (χ4v) is 0. The number of phosphoric acid groups is 17. The van der Waals surface area contributed by atoms with Gasteiger partial charge in [0.1, 0.15) is 0 Å². The summed E-state index contributed by atoms with van der Waals surface area (Å²) in [6.07, 6.45) is 0. The van der Waals surface area contributed by atoms with Crippen LogP contribution in [-0.4, -0.2) is 0 Å². The van der Waals surface area contributed by atoms with E-state index in [0.717, 1.165) is 0 Å². The Balaban J connectivity index is -0.0000000162. The van der Waals surface area contributed by atoms with Gasteiger partial charge in [-0.2, -0.15) is 133 Å². The Hall–Kier alpha value is 13.1. The summed E-state index contributed by atoms with van der Waals surface area (Å²) in [5.74, 6) is 0. The van der Waals surface area contributed by atoms with Gasteiger partial charge in [-0.1, -0.05) is 0 Å². The molecule has 100 heavy (non-hydrogen) atoms. The van der Waals surface area contributed by atoms with Gasteiger partial charge in [0.05, 0.1) is 0 Å². The van der Waals surface area contributed by atoms with Crippen molar-refractivity contribution in [1.29, 1.82) is 0 Å². The smallest absolute Gasteiger partial charge is 0.822 e. The maximum atomic E-state index is 8.55. The van der Waals surface area contributed by atoms with Gasteiger partial charge in [-0.15, -0.1) is 0 Å². The van der Waals surface area contributed by atoms with Gasteiger partial charge in [0.2, 0.25) is 0 Å². The first-order valence-corrected chi connectivity index (χ1v) is 37.2. The Bertz CT molecular complexity index is 1610. The maximum absolute atomic E-state index is 8.55. The van der Waals surface area contributed by atoms with Crippen LogP contribution in [0.5, 0.6) is 0 Å². The predicted molar refractivity (Wildman–Crippen MR) is 129 cm³/mol. The second-order valence-corrected chi connectivity index (χ2v) is 22.8. The second kappa shape index (κ2) is 104. The van der Waals surface area contributed by atoms with Crippen LogP contribution in [0.25, 0.3) is 0 Å². The molecular weight excluding hydrogens is 2830 g/mol. The molecule has 68 nitrogen and oxygen atoms in total. The maximum Gasteiger partial charge on any atom is 4.00 e. The zero-order valence-electron chi connectivity index (χ0n) is 43.3. The van der Waals surface area contributed by atoms with E-state index >= 15 is 0 Å². The van der Waals surface area contributed by atoms with Gasteiger partial charge >= 0.3 is 341 Å².